The van der Waals surface area contributed by atoms with Crippen LogP contribution in [0.1, 0.15) is 33.1 Å². The largest absolute Gasteiger partial charge is 0.348 e. The molecule has 9 nitrogen and oxygen atoms in total. The number of ketones is 2. The topological polar surface area (TPSA) is 129 Å². The lowest BCUT2D eigenvalue weighted by atomic mass is 9.92. The van der Waals surface area contributed by atoms with Crippen LogP contribution in [0.4, 0.5) is 0 Å². The summed E-state index contributed by atoms with van der Waals surface area (Å²) in [5, 5.41) is 0. The molecule has 1 aliphatic rings. The number of H-pyrrole nitrogens is 2. The SMILES string of the molecule is CS(=O)(=O)N1Cc2ccccc2C[C@H]1C(=O)Cc1nc2c(C(=O)Cc3ncc[nH]3)cccc2[nH]1. The number of nitrogens with zero attached hydrogens (tertiary/aromatic N) is 3. The third-order valence-corrected chi connectivity index (χ3v) is 7.33. The number of imidazole rings is 2. The summed E-state index contributed by atoms with van der Waals surface area (Å²) in [4.78, 5) is 40.8. The monoisotopic (exact) mass is 477 g/mol. The maximum Gasteiger partial charge on any atom is 0.212 e. The van der Waals surface area contributed by atoms with Crippen LogP contribution in [0.3, 0.4) is 0 Å². The fourth-order valence-electron chi connectivity index (χ4n) is 4.44. The van der Waals surface area contributed by atoms with E-state index in [1.165, 1.54) is 4.31 Å². The van der Waals surface area contributed by atoms with Crippen molar-refractivity contribution >= 4 is 32.6 Å². The summed E-state index contributed by atoms with van der Waals surface area (Å²) in [6.45, 7) is 0.164. The number of carbonyl (C=O) groups is 2. The van der Waals surface area contributed by atoms with Gasteiger partial charge in [0.15, 0.2) is 11.6 Å². The van der Waals surface area contributed by atoms with Crippen molar-refractivity contribution in [2.75, 3.05) is 6.26 Å². The maximum absolute atomic E-state index is 13.3. The molecule has 2 aromatic heterocycles. The molecule has 1 aliphatic heterocycles. The molecule has 0 saturated heterocycles. The normalized spacial score (nSPS) is 16.4. The lowest BCUT2D eigenvalue weighted by Gasteiger charge is -2.34. The first-order valence-electron chi connectivity index (χ1n) is 10.8. The second-order valence-corrected chi connectivity index (χ2v) is 10.4. The van der Waals surface area contributed by atoms with Crippen molar-refractivity contribution < 1.29 is 18.0 Å². The van der Waals surface area contributed by atoms with Crippen molar-refractivity contribution in [3.05, 3.63) is 83.2 Å². The maximum atomic E-state index is 13.3. The first-order chi connectivity index (χ1) is 16.3. The van der Waals surface area contributed by atoms with Gasteiger partial charge in [-0.05, 0) is 29.7 Å². The van der Waals surface area contributed by atoms with Gasteiger partial charge in [-0.25, -0.2) is 18.4 Å². The number of para-hydroxylation sites is 1. The Balaban J connectivity index is 1.41. The number of hydrogen-bond acceptors (Lipinski definition) is 6. The Bertz CT molecular complexity index is 1490. The molecule has 2 aromatic carbocycles. The van der Waals surface area contributed by atoms with Gasteiger partial charge >= 0.3 is 0 Å². The molecule has 0 fully saturated rings. The number of sulfonamides is 1. The number of nitrogens with one attached hydrogen (secondary N) is 2. The zero-order valence-corrected chi connectivity index (χ0v) is 19.3. The molecule has 10 heteroatoms. The Morgan fingerprint density at radius 3 is 2.59 bits per heavy atom. The summed E-state index contributed by atoms with van der Waals surface area (Å²) in [6.07, 6.45) is 4.72. The molecule has 5 rings (SSSR count). The van der Waals surface area contributed by atoms with Gasteiger partial charge in [-0.1, -0.05) is 30.3 Å². The summed E-state index contributed by atoms with van der Waals surface area (Å²) in [5.41, 5.74) is 3.43. The van der Waals surface area contributed by atoms with Crippen molar-refractivity contribution in [2.24, 2.45) is 0 Å². The van der Waals surface area contributed by atoms with E-state index in [9.17, 15) is 18.0 Å². The van der Waals surface area contributed by atoms with E-state index in [-0.39, 0.29) is 31.0 Å². The van der Waals surface area contributed by atoms with Crippen molar-refractivity contribution in [3.8, 4) is 0 Å². The molecule has 2 N–H and O–H groups in total. The summed E-state index contributed by atoms with van der Waals surface area (Å²) in [5.74, 6) is 0.566. The van der Waals surface area contributed by atoms with Gasteiger partial charge < -0.3 is 9.97 Å². The molecular formula is C24H23N5O4S. The summed E-state index contributed by atoms with van der Waals surface area (Å²) in [6, 6.07) is 12.0. The minimum Gasteiger partial charge on any atom is -0.348 e. The molecule has 174 valence electrons. The van der Waals surface area contributed by atoms with Crippen LogP contribution in [0.15, 0.2) is 54.9 Å². The van der Waals surface area contributed by atoms with E-state index >= 15 is 0 Å². The lowest BCUT2D eigenvalue weighted by Crippen LogP contribution is -2.48. The van der Waals surface area contributed by atoms with Gasteiger partial charge in [0.25, 0.3) is 0 Å². The minimum atomic E-state index is -3.59. The Morgan fingerprint density at radius 2 is 1.85 bits per heavy atom. The Hall–Kier alpha value is -3.63. The third-order valence-electron chi connectivity index (χ3n) is 6.09. The van der Waals surface area contributed by atoms with E-state index in [1.54, 1.807) is 30.6 Å². The second-order valence-electron chi connectivity index (χ2n) is 8.46. The van der Waals surface area contributed by atoms with Gasteiger partial charge in [0.1, 0.15) is 11.6 Å². The smallest absolute Gasteiger partial charge is 0.212 e. The zero-order chi connectivity index (χ0) is 23.9. The predicted octanol–water partition coefficient (Wildman–Crippen LogP) is 2.21. The van der Waals surface area contributed by atoms with E-state index in [1.807, 2.05) is 24.3 Å². The van der Waals surface area contributed by atoms with Crippen LogP contribution >= 0.6 is 0 Å². The van der Waals surface area contributed by atoms with Gasteiger partial charge in [-0.3, -0.25) is 9.59 Å². The number of benzene rings is 2. The fourth-order valence-corrected chi connectivity index (χ4v) is 5.47. The van der Waals surface area contributed by atoms with Crippen LogP contribution in [0.25, 0.3) is 11.0 Å². The van der Waals surface area contributed by atoms with E-state index in [0.29, 0.717) is 34.7 Å². The highest BCUT2D eigenvalue weighted by Gasteiger charge is 2.36. The number of fused-ring (bicyclic) bond motifs is 2. The number of Topliss-reactive ketones (excluding diaryl/α,β-unsaturated/α-hetero) is 2. The van der Waals surface area contributed by atoms with Crippen LogP contribution in [-0.2, 0) is 40.6 Å². The van der Waals surface area contributed by atoms with Crippen LogP contribution < -0.4 is 0 Å². The van der Waals surface area contributed by atoms with Crippen molar-refractivity contribution in [3.63, 3.8) is 0 Å². The van der Waals surface area contributed by atoms with Crippen LogP contribution in [-0.4, -0.2) is 56.5 Å². The van der Waals surface area contributed by atoms with Gasteiger partial charge in [-0.15, -0.1) is 0 Å². The highest BCUT2D eigenvalue weighted by Crippen LogP contribution is 2.27. The quantitative estimate of drug-likeness (QED) is 0.393. The third kappa shape index (κ3) is 4.29. The molecule has 0 amide bonds. The van der Waals surface area contributed by atoms with Crippen LogP contribution in [0.2, 0.25) is 0 Å². The first kappa shape index (κ1) is 22.2. The van der Waals surface area contributed by atoms with Crippen molar-refractivity contribution in [1.29, 1.82) is 0 Å². The standard InChI is InChI=1S/C24H23N5O4S/c1-34(32,33)29-14-16-6-3-2-5-15(16)11-19(29)21(31)13-23-27-18-8-4-7-17(24(18)28-23)20(30)12-22-25-9-10-26-22/h2-10,19H,11-14H2,1H3,(H,25,26)(H,27,28)/t19-/m0/s1. The Kier molecular flexibility index (Phi) is 5.62. The Morgan fingerprint density at radius 1 is 1.06 bits per heavy atom. The molecule has 0 saturated carbocycles. The van der Waals surface area contributed by atoms with E-state index in [0.717, 1.165) is 17.4 Å². The number of hydrogen-bond donors (Lipinski definition) is 2. The van der Waals surface area contributed by atoms with Crippen molar-refractivity contribution in [1.82, 2.24) is 24.2 Å². The van der Waals surface area contributed by atoms with E-state index in [2.05, 4.69) is 19.9 Å². The molecule has 1 atom stereocenters. The number of carbonyl (C=O) groups excluding carboxylic acids is 2. The minimum absolute atomic E-state index is 0.0701. The lowest BCUT2D eigenvalue weighted by molar-refractivity contribution is -0.122. The average Bonchev–Trinajstić information content (AvgIpc) is 3.46. The summed E-state index contributed by atoms with van der Waals surface area (Å²) < 4.78 is 26.2. The van der Waals surface area contributed by atoms with Gasteiger partial charge in [0.2, 0.25) is 10.0 Å². The van der Waals surface area contributed by atoms with Gasteiger partial charge in [0.05, 0.1) is 36.2 Å². The van der Waals surface area contributed by atoms with Crippen LogP contribution in [0, 0.1) is 0 Å². The molecule has 0 aliphatic carbocycles. The first-order valence-corrected chi connectivity index (χ1v) is 12.7. The molecule has 34 heavy (non-hydrogen) atoms. The van der Waals surface area contributed by atoms with Gasteiger partial charge in [0, 0.05) is 24.5 Å². The highest BCUT2D eigenvalue weighted by molar-refractivity contribution is 7.88. The van der Waals surface area contributed by atoms with E-state index < -0.39 is 16.1 Å². The van der Waals surface area contributed by atoms with Crippen LogP contribution in [0.5, 0.6) is 0 Å². The molecule has 0 bridgehead atoms. The van der Waals surface area contributed by atoms with Crippen molar-refractivity contribution in [2.45, 2.75) is 31.8 Å². The summed E-state index contributed by atoms with van der Waals surface area (Å²) >= 11 is 0. The number of rotatable bonds is 7. The predicted molar refractivity (Wildman–Crippen MR) is 126 cm³/mol. The fraction of sp³-hybridized carbons (Fsp3) is 0.250. The second kappa shape index (κ2) is 8.62. The number of aromatic amines is 2. The molecule has 0 unspecified atom stereocenters. The highest BCUT2D eigenvalue weighted by atomic mass is 32.2. The molecule has 3 heterocycles. The molecule has 0 radical (unpaired) electrons. The molecule has 0 spiro atoms. The molecular weight excluding hydrogens is 454 g/mol. The van der Waals surface area contributed by atoms with E-state index in [4.69, 9.17) is 0 Å². The number of aromatic nitrogens is 4. The summed E-state index contributed by atoms with van der Waals surface area (Å²) in [7, 11) is -3.59. The average molecular weight is 478 g/mol. The zero-order valence-electron chi connectivity index (χ0n) is 18.5. The molecule has 4 aromatic rings. The Labute approximate surface area is 196 Å². The van der Waals surface area contributed by atoms with Gasteiger partial charge in [-0.2, -0.15) is 4.31 Å².